The van der Waals surface area contributed by atoms with Crippen molar-refractivity contribution in [2.75, 3.05) is 26.3 Å². The number of benzene rings is 1. The minimum absolute atomic E-state index is 0. The molecule has 2 rings (SSSR count). The molecular formula is C21H36IN3O3. The highest BCUT2D eigenvalue weighted by Crippen LogP contribution is 2.28. The number of hydrogen-bond donors (Lipinski definition) is 3. The van der Waals surface area contributed by atoms with E-state index >= 15 is 0 Å². The Kier molecular flexibility index (Phi) is 11.1. The minimum atomic E-state index is -0.552. The first-order valence-corrected chi connectivity index (χ1v) is 9.92. The fourth-order valence-corrected chi connectivity index (χ4v) is 2.50. The number of guanidine groups is 1. The Labute approximate surface area is 186 Å². The first kappa shape index (κ1) is 25.0. The summed E-state index contributed by atoms with van der Waals surface area (Å²) < 4.78 is 11.6. The smallest absolute Gasteiger partial charge is 0.191 e. The predicted octanol–water partition coefficient (Wildman–Crippen LogP) is 3.32. The molecule has 160 valence electrons. The zero-order valence-corrected chi connectivity index (χ0v) is 19.9. The first-order valence-electron chi connectivity index (χ1n) is 9.92. The molecule has 0 radical (unpaired) electrons. The number of aliphatic hydroxyl groups is 1. The standard InChI is InChI=1S/C21H35N3O3.HI/c1-5-22-20(24-13-18(25)15-26-14-16-10-11-16)23-12-17-8-6-7-9-19(17)27-21(2,3)4;/h6-9,16,18,25H,5,10-15H2,1-4H3,(H2,22,23,24);1H. The van der Waals surface area contributed by atoms with Crippen LogP contribution in [0.1, 0.15) is 46.1 Å². The average molecular weight is 505 g/mol. The van der Waals surface area contributed by atoms with Gasteiger partial charge in [-0.15, -0.1) is 24.0 Å². The van der Waals surface area contributed by atoms with E-state index in [1.54, 1.807) is 0 Å². The summed E-state index contributed by atoms with van der Waals surface area (Å²) in [5.41, 5.74) is 0.769. The molecule has 0 aliphatic heterocycles. The minimum Gasteiger partial charge on any atom is -0.488 e. The van der Waals surface area contributed by atoms with Gasteiger partial charge in [0, 0.05) is 25.3 Å². The van der Waals surface area contributed by atoms with Crippen LogP contribution in [0, 0.1) is 5.92 Å². The Bertz CT molecular complexity index is 601. The summed E-state index contributed by atoms with van der Waals surface area (Å²) in [4.78, 5) is 4.63. The molecule has 7 heteroatoms. The molecule has 28 heavy (non-hydrogen) atoms. The number of aliphatic hydroxyl groups excluding tert-OH is 1. The lowest BCUT2D eigenvalue weighted by Crippen LogP contribution is -2.42. The van der Waals surface area contributed by atoms with E-state index in [-0.39, 0.29) is 29.6 Å². The molecule has 1 aliphatic carbocycles. The molecule has 1 aliphatic rings. The predicted molar refractivity (Wildman–Crippen MR) is 125 cm³/mol. The van der Waals surface area contributed by atoms with E-state index in [1.165, 1.54) is 12.8 Å². The van der Waals surface area contributed by atoms with Crippen molar-refractivity contribution in [1.29, 1.82) is 0 Å². The molecule has 0 bridgehead atoms. The molecule has 1 aromatic rings. The molecule has 1 aromatic carbocycles. The van der Waals surface area contributed by atoms with Crippen LogP contribution in [0.15, 0.2) is 29.3 Å². The van der Waals surface area contributed by atoms with E-state index in [9.17, 15) is 5.11 Å². The summed E-state index contributed by atoms with van der Waals surface area (Å²) in [6.45, 7) is 10.9. The van der Waals surface area contributed by atoms with Crippen LogP contribution in [0.5, 0.6) is 5.75 Å². The Morgan fingerprint density at radius 2 is 1.96 bits per heavy atom. The number of nitrogens with zero attached hydrogens (tertiary/aromatic N) is 1. The van der Waals surface area contributed by atoms with Gasteiger partial charge in [-0.3, -0.25) is 0 Å². The highest BCUT2D eigenvalue weighted by atomic mass is 127. The van der Waals surface area contributed by atoms with Crippen molar-refractivity contribution in [1.82, 2.24) is 10.6 Å². The van der Waals surface area contributed by atoms with Crippen LogP contribution in [0.25, 0.3) is 0 Å². The van der Waals surface area contributed by atoms with Gasteiger partial charge < -0.3 is 25.2 Å². The summed E-state index contributed by atoms with van der Waals surface area (Å²) in [5.74, 6) is 2.22. The summed E-state index contributed by atoms with van der Waals surface area (Å²) in [6, 6.07) is 7.95. The number of halogens is 1. The normalized spacial score (nSPS) is 15.5. The molecular weight excluding hydrogens is 469 g/mol. The van der Waals surface area contributed by atoms with Gasteiger partial charge in [-0.25, -0.2) is 4.99 Å². The second kappa shape index (κ2) is 12.5. The zero-order valence-electron chi connectivity index (χ0n) is 17.5. The first-order chi connectivity index (χ1) is 12.9. The van der Waals surface area contributed by atoms with Gasteiger partial charge in [0.1, 0.15) is 11.4 Å². The molecule has 1 atom stereocenters. The van der Waals surface area contributed by atoms with Crippen LogP contribution in [0.4, 0.5) is 0 Å². The van der Waals surface area contributed by atoms with Crippen molar-refractivity contribution in [3.63, 3.8) is 0 Å². The molecule has 0 aromatic heterocycles. The monoisotopic (exact) mass is 505 g/mol. The number of rotatable bonds is 10. The summed E-state index contributed by atoms with van der Waals surface area (Å²) in [6.07, 6.45) is 1.96. The molecule has 0 amide bonds. The number of aliphatic imine (C=N–C) groups is 1. The topological polar surface area (TPSA) is 75.1 Å². The van der Waals surface area contributed by atoms with E-state index in [1.807, 2.05) is 52.0 Å². The van der Waals surface area contributed by atoms with Gasteiger partial charge in [-0.2, -0.15) is 0 Å². The zero-order chi connectivity index (χ0) is 19.7. The molecule has 1 unspecified atom stereocenters. The molecule has 6 nitrogen and oxygen atoms in total. The molecule has 0 heterocycles. The maximum atomic E-state index is 10.1. The van der Waals surface area contributed by atoms with Gasteiger partial charge in [0.25, 0.3) is 0 Å². The fourth-order valence-electron chi connectivity index (χ4n) is 2.50. The molecule has 0 spiro atoms. The Hall–Kier alpha value is -1.06. The maximum Gasteiger partial charge on any atom is 0.191 e. The number of ether oxygens (including phenoxy) is 2. The van der Waals surface area contributed by atoms with Crippen molar-refractivity contribution < 1.29 is 14.6 Å². The summed E-state index contributed by atoms with van der Waals surface area (Å²) >= 11 is 0. The number of nitrogens with one attached hydrogen (secondary N) is 2. The van der Waals surface area contributed by atoms with Crippen LogP contribution >= 0.6 is 24.0 Å². The van der Waals surface area contributed by atoms with Gasteiger partial charge in [0.2, 0.25) is 0 Å². The van der Waals surface area contributed by atoms with Crippen molar-refractivity contribution in [3.05, 3.63) is 29.8 Å². The van der Waals surface area contributed by atoms with E-state index in [0.29, 0.717) is 31.6 Å². The number of para-hydroxylation sites is 1. The number of hydrogen-bond acceptors (Lipinski definition) is 4. The second-order valence-corrected chi connectivity index (χ2v) is 8.03. The van der Waals surface area contributed by atoms with E-state index in [4.69, 9.17) is 9.47 Å². The third-order valence-electron chi connectivity index (χ3n) is 4.01. The van der Waals surface area contributed by atoms with Gasteiger partial charge >= 0.3 is 0 Å². The molecule has 1 fully saturated rings. The second-order valence-electron chi connectivity index (χ2n) is 8.03. The largest absolute Gasteiger partial charge is 0.488 e. The van der Waals surface area contributed by atoms with Crippen LogP contribution in [0.3, 0.4) is 0 Å². The van der Waals surface area contributed by atoms with Crippen LogP contribution in [0.2, 0.25) is 0 Å². The third kappa shape index (κ3) is 10.5. The molecule has 3 N–H and O–H groups in total. The highest BCUT2D eigenvalue weighted by molar-refractivity contribution is 14.0. The van der Waals surface area contributed by atoms with Crippen molar-refractivity contribution >= 4 is 29.9 Å². The van der Waals surface area contributed by atoms with E-state index < -0.39 is 6.10 Å². The fraction of sp³-hybridized carbons (Fsp3) is 0.667. The van der Waals surface area contributed by atoms with Gasteiger partial charge in [0.05, 0.1) is 19.3 Å². The Balaban J connectivity index is 0.00000392. The average Bonchev–Trinajstić information content (AvgIpc) is 3.41. The van der Waals surface area contributed by atoms with E-state index in [0.717, 1.165) is 24.5 Å². The summed E-state index contributed by atoms with van der Waals surface area (Å²) in [5, 5.41) is 16.5. The lowest BCUT2D eigenvalue weighted by molar-refractivity contribution is 0.0345. The van der Waals surface area contributed by atoms with Crippen LogP contribution in [-0.2, 0) is 11.3 Å². The maximum absolute atomic E-state index is 10.1. The lowest BCUT2D eigenvalue weighted by Gasteiger charge is -2.23. The van der Waals surface area contributed by atoms with Gasteiger partial charge in [-0.1, -0.05) is 18.2 Å². The summed E-state index contributed by atoms with van der Waals surface area (Å²) in [7, 11) is 0. The van der Waals surface area contributed by atoms with Crippen LogP contribution in [-0.4, -0.2) is 49.1 Å². The third-order valence-corrected chi connectivity index (χ3v) is 4.01. The highest BCUT2D eigenvalue weighted by Gasteiger charge is 2.21. The SMILES string of the molecule is CCNC(=NCc1ccccc1OC(C)(C)C)NCC(O)COCC1CC1.I. The van der Waals surface area contributed by atoms with Crippen LogP contribution < -0.4 is 15.4 Å². The quantitative estimate of drug-likeness (QED) is 0.259. The Morgan fingerprint density at radius 1 is 1.25 bits per heavy atom. The van der Waals surface area contributed by atoms with Crippen molar-refractivity contribution in [2.45, 2.75) is 58.8 Å². The Morgan fingerprint density at radius 3 is 2.61 bits per heavy atom. The molecule has 0 saturated heterocycles. The van der Waals surface area contributed by atoms with Crippen molar-refractivity contribution in [3.8, 4) is 5.75 Å². The van der Waals surface area contributed by atoms with Gasteiger partial charge in [-0.05, 0) is 52.5 Å². The molecule has 1 saturated carbocycles. The van der Waals surface area contributed by atoms with E-state index in [2.05, 4.69) is 15.6 Å². The van der Waals surface area contributed by atoms with Gasteiger partial charge in [0.15, 0.2) is 5.96 Å². The van der Waals surface area contributed by atoms with Crippen molar-refractivity contribution in [2.24, 2.45) is 10.9 Å². The lowest BCUT2D eigenvalue weighted by atomic mass is 10.1.